The molecule has 1 aromatic carbocycles. The number of piperazine rings is 1. The predicted octanol–water partition coefficient (Wildman–Crippen LogP) is 2.01. The van der Waals surface area contributed by atoms with Crippen molar-refractivity contribution in [1.29, 1.82) is 0 Å². The smallest absolute Gasteiger partial charge is 0.254 e. The standard InChI is InChI=1S/C17H22N2O2/c1-3-17(6-7-17)14-5-4-13(10-12(14)2)16(21)19-9-8-18-15(20)11-19/h4-5,10H,3,6-9,11H2,1-2H3,(H,18,20). The Morgan fingerprint density at radius 3 is 2.71 bits per heavy atom. The number of carbonyl (C=O) groups is 2. The molecule has 0 unspecified atom stereocenters. The van der Waals surface area contributed by atoms with E-state index in [1.54, 1.807) is 4.90 Å². The Balaban J connectivity index is 1.81. The van der Waals surface area contributed by atoms with Crippen LogP contribution in [0.15, 0.2) is 18.2 Å². The fourth-order valence-electron chi connectivity index (χ4n) is 3.35. The maximum atomic E-state index is 12.5. The molecular formula is C17H22N2O2. The summed E-state index contributed by atoms with van der Waals surface area (Å²) in [7, 11) is 0. The van der Waals surface area contributed by atoms with Gasteiger partial charge >= 0.3 is 0 Å². The molecule has 2 aliphatic rings. The lowest BCUT2D eigenvalue weighted by molar-refractivity contribution is -0.123. The lowest BCUT2D eigenvalue weighted by Crippen LogP contribution is -2.49. The van der Waals surface area contributed by atoms with E-state index in [4.69, 9.17) is 0 Å². The van der Waals surface area contributed by atoms with Gasteiger partial charge in [0.25, 0.3) is 5.91 Å². The van der Waals surface area contributed by atoms with Crippen molar-refractivity contribution < 1.29 is 9.59 Å². The molecule has 0 radical (unpaired) electrons. The van der Waals surface area contributed by atoms with Gasteiger partial charge in [0.2, 0.25) is 5.91 Å². The normalized spacial score (nSPS) is 20.1. The van der Waals surface area contributed by atoms with Crippen LogP contribution >= 0.6 is 0 Å². The third-order valence-electron chi connectivity index (χ3n) is 4.90. The minimum absolute atomic E-state index is 0.0409. The van der Waals surface area contributed by atoms with Gasteiger partial charge in [0, 0.05) is 18.7 Å². The number of hydrogen-bond acceptors (Lipinski definition) is 2. The number of carbonyl (C=O) groups excluding carboxylic acids is 2. The van der Waals surface area contributed by atoms with Crippen LogP contribution < -0.4 is 5.32 Å². The second-order valence-corrected chi connectivity index (χ2v) is 6.24. The molecule has 21 heavy (non-hydrogen) atoms. The number of rotatable bonds is 3. The molecule has 1 aromatic rings. The first-order valence-corrected chi connectivity index (χ1v) is 7.73. The van der Waals surface area contributed by atoms with Gasteiger partial charge in [-0.1, -0.05) is 13.0 Å². The molecule has 1 saturated carbocycles. The summed E-state index contributed by atoms with van der Waals surface area (Å²) in [5.74, 6) is -0.119. The van der Waals surface area contributed by atoms with Crippen LogP contribution in [-0.2, 0) is 10.2 Å². The lowest BCUT2D eigenvalue weighted by atomic mass is 9.88. The maximum absolute atomic E-state index is 12.5. The van der Waals surface area contributed by atoms with E-state index >= 15 is 0 Å². The van der Waals surface area contributed by atoms with Crippen LogP contribution in [0.5, 0.6) is 0 Å². The SMILES string of the molecule is CCC1(c2ccc(C(=O)N3CCNC(=O)C3)cc2C)CC1. The van der Waals surface area contributed by atoms with Crippen LogP contribution in [0.3, 0.4) is 0 Å². The lowest BCUT2D eigenvalue weighted by Gasteiger charge is -2.27. The molecule has 1 aliphatic carbocycles. The first-order valence-electron chi connectivity index (χ1n) is 7.73. The maximum Gasteiger partial charge on any atom is 0.254 e. The summed E-state index contributed by atoms with van der Waals surface area (Å²) in [5.41, 5.74) is 3.63. The number of amides is 2. The van der Waals surface area contributed by atoms with Gasteiger partial charge in [-0.25, -0.2) is 0 Å². The second kappa shape index (κ2) is 5.17. The molecule has 4 heteroatoms. The molecule has 4 nitrogen and oxygen atoms in total. The van der Waals surface area contributed by atoms with Gasteiger partial charge in [-0.2, -0.15) is 0 Å². The number of benzene rings is 1. The Morgan fingerprint density at radius 2 is 2.14 bits per heavy atom. The molecule has 0 spiro atoms. The van der Waals surface area contributed by atoms with Crippen molar-refractivity contribution in [2.24, 2.45) is 0 Å². The van der Waals surface area contributed by atoms with Gasteiger partial charge in [0.15, 0.2) is 0 Å². The molecule has 1 aliphatic heterocycles. The first-order chi connectivity index (χ1) is 10.1. The fraction of sp³-hybridized carbons (Fsp3) is 0.529. The van der Waals surface area contributed by atoms with E-state index < -0.39 is 0 Å². The second-order valence-electron chi connectivity index (χ2n) is 6.24. The van der Waals surface area contributed by atoms with Crippen LogP contribution in [0.1, 0.15) is 47.7 Å². The zero-order valence-electron chi connectivity index (χ0n) is 12.7. The van der Waals surface area contributed by atoms with E-state index in [0.29, 0.717) is 24.1 Å². The van der Waals surface area contributed by atoms with Crippen molar-refractivity contribution in [3.8, 4) is 0 Å². The van der Waals surface area contributed by atoms with E-state index in [9.17, 15) is 9.59 Å². The third kappa shape index (κ3) is 2.55. The number of aryl methyl sites for hydroxylation is 1. The van der Waals surface area contributed by atoms with Crippen LogP contribution in [0.2, 0.25) is 0 Å². The Morgan fingerprint density at radius 1 is 1.38 bits per heavy atom. The molecule has 0 atom stereocenters. The molecule has 0 bridgehead atoms. The van der Waals surface area contributed by atoms with Gasteiger partial charge in [0.05, 0.1) is 6.54 Å². The summed E-state index contributed by atoms with van der Waals surface area (Å²) in [6.07, 6.45) is 3.67. The van der Waals surface area contributed by atoms with E-state index in [1.807, 2.05) is 12.1 Å². The third-order valence-corrected chi connectivity index (χ3v) is 4.90. The predicted molar refractivity (Wildman–Crippen MR) is 81.3 cm³/mol. The molecule has 2 amide bonds. The summed E-state index contributed by atoms with van der Waals surface area (Å²) in [6.45, 7) is 5.62. The van der Waals surface area contributed by atoms with Crippen molar-refractivity contribution in [2.75, 3.05) is 19.6 Å². The zero-order chi connectivity index (χ0) is 15.0. The Bertz CT molecular complexity index is 590. The van der Waals surface area contributed by atoms with Crippen molar-refractivity contribution in [3.05, 3.63) is 34.9 Å². The fourth-order valence-corrected chi connectivity index (χ4v) is 3.35. The largest absolute Gasteiger partial charge is 0.353 e. The van der Waals surface area contributed by atoms with Gasteiger partial charge in [0.1, 0.15) is 0 Å². The summed E-state index contributed by atoms with van der Waals surface area (Å²) >= 11 is 0. The molecule has 3 rings (SSSR count). The molecule has 1 saturated heterocycles. The number of hydrogen-bond donors (Lipinski definition) is 1. The van der Waals surface area contributed by atoms with E-state index in [0.717, 1.165) is 6.42 Å². The van der Waals surface area contributed by atoms with Gasteiger partial charge in [-0.3, -0.25) is 9.59 Å². The van der Waals surface area contributed by atoms with E-state index in [2.05, 4.69) is 25.2 Å². The van der Waals surface area contributed by atoms with Crippen LogP contribution in [0.25, 0.3) is 0 Å². The highest BCUT2D eigenvalue weighted by Crippen LogP contribution is 2.51. The average Bonchev–Trinajstić information content (AvgIpc) is 3.27. The molecule has 2 fully saturated rings. The summed E-state index contributed by atoms with van der Waals surface area (Å²) in [5, 5.41) is 2.74. The number of nitrogens with zero attached hydrogens (tertiary/aromatic N) is 1. The molecule has 0 aromatic heterocycles. The summed E-state index contributed by atoms with van der Waals surface area (Å²) in [4.78, 5) is 25.5. The highest BCUT2D eigenvalue weighted by Gasteiger charge is 2.43. The van der Waals surface area contributed by atoms with Gasteiger partial charge < -0.3 is 10.2 Å². The highest BCUT2D eigenvalue weighted by molar-refractivity contribution is 5.97. The average molecular weight is 286 g/mol. The van der Waals surface area contributed by atoms with E-state index in [1.165, 1.54) is 24.0 Å². The van der Waals surface area contributed by atoms with Crippen LogP contribution in [0.4, 0.5) is 0 Å². The minimum Gasteiger partial charge on any atom is -0.353 e. The van der Waals surface area contributed by atoms with Gasteiger partial charge in [-0.05, 0) is 54.9 Å². The van der Waals surface area contributed by atoms with E-state index in [-0.39, 0.29) is 18.4 Å². The van der Waals surface area contributed by atoms with Crippen LogP contribution in [-0.4, -0.2) is 36.3 Å². The van der Waals surface area contributed by atoms with Crippen molar-refractivity contribution in [3.63, 3.8) is 0 Å². The summed E-state index contributed by atoms with van der Waals surface area (Å²) in [6, 6.07) is 6.02. The van der Waals surface area contributed by atoms with Crippen molar-refractivity contribution in [2.45, 2.75) is 38.5 Å². The molecule has 1 N–H and O–H groups in total. The van der Waals surface area contributed by atoms with Crippen molar-refractivity contribution in [1.82, 2.24) is 10.2 Å². The molecule has 112 valence electrons. The van der Waals surface area contributed by atoms with Crippen molar-refractivity contribution >= 4 is 11.8 Å². The Hall–Kier alpha value is -1.84. The monoisotopic (exact) mass is 286 g/mol. The zero-order valence-corrected chi connectivity index (χ0v) is 12.7. The Labute approximate surface area is 125 Å². The minimum atomic E-state index is -0.0779. The molecule has 1 heterocycles. The number of nitrogens with one attached hydrogen (secondary N) is 1. The van der Waals surface area contributed by atoms with Crippen LogP contribution in [0, 0.1) is 6.92 Å². The summed E-state index contributed by atoms with van der Waals surface area (Å²) < 4.78 is 0. The molecular weight excluding hydrogens is 264 g/mol. The quantitative estimate of drug-likeness (QED) is 0.924. The first kappa shape index (κ1) is 14.1. The Kier molecular flexibility index (Phi) is 3.47. The van der Waals surface area contributed by atoms with Gasteiger partial charge in [-0.15, -0.1) is 0 Å². The highest BCUT2D eigenvalue weighted by atomic mass is 16.2. The topological polar surface area (TPSA) is 49.4 Å².